The lowest BCUT2D eigenvalue weighted by Gasteiger charge is -2.11. The summed E-state index contributed by atoms with van der Waals surface area (Å²) in [7, 11) is 0. The largest absolute Gasteiger partial charge is 0.478 e. The molecule has 0 amide bonds. The van der Waals surface area contributed by atoms with Crippen LogP contribution in [0.1, 0.15) is 82.9 Å². The van der Waals surface area contributed by atoms with Crippen LogP contribution in [0, 0.1) is 0 Å². The maximum atomic E-state index is 12.3. The van der Waals surface area contributed by atoms with Crippen LogP contribution in [0.2, 0.25) is 0 Å². The van der Waals surface area contributed by atoms with Crippen LogP contribution in [0.25, 0.3) is 89.7 Å². The summed E-state index contributed by atoms with van der Waals surface area (Å²) in [5, 5.41) is 80.7. The van der Waals surface area contributed by atoms with Gasteiger partial charge in [0.1, 0.15) is 68.6 Å². The number of benzene rings is 8. The lowest BCUT2D eigenvalue weighted by atomic mass is 10.1. The minimum absolute atomic E-state index is 0.0199. The fourth-order valence-electron chi connectivity index (χ4n) is 10.3. The first-order chi connectivity index (χ1) is 44.1. The summed E-state index contributed by atoms with van der Waals surface area (Å²) >= 11 is 0. The molecule has 28 nitrogen and oxygen atoms in total. The monoisotopic (exact) mass is 1230 g/mol. The first kappa shape index (κ1) is 57.2. The number of carboxylic acid groups (broad SMARTS) is 8. The Morgan fingerprint density at radius 2 is 0.533 bits per heavy atom. The molecule has 0 saturated heterocycles. The summed E-state index contributed by atoms with van der Waals surface area (Å²) < 4.78 is 25.5. The minimum Gasteiger partial charge on any atom is -0.478 e. The predicted molar refractivity (Wildman–Crippen MR) is 318 cm³/mol. The fraction of sp³-hybridized carbons (Fsp3) is 0. The second-order valence-electron chi connectivity index (χ2n) is 20.2. The van der Waals surface area contributed by atoms with Gasteiger partial charge in [0.15, 0.2) is 23.3 Å². The van der Waals surface area contributed by atoms with Gasteiger partial charge in [-0.05, 0) is 97.1 Å². The molecule has 2 aliphatic rings. The molecule has 0 spiro atoms. The number of fused-ring (bicyclic) bond motifs is 20. The predicted octanol–water partition coefficient (Wildman–Crippen LogP) is 11.6. The number of ether oxygens (including phenoxy) is 4. The Bertz CT molecular complexity index is 4910. The van der Waals surface area contributed by atoms with Crippen molar-refractivity contribution in [1.29, 1.82) is 0 Å². The van der Waals surface area contributed by atoms with E-state index in [0.717, 1.165) is 72.8 Å². The summed E-state index contributed by atoms with van der Waals surface area (Å²) in [5.74, 6) is -13.4. The van der Waals surface area contributed by atoms with Crippen LogP contribution in [0.5, 0.6) is 46.0 Å². The topological polar surface area (TPSA) is 444 Å². The summed E-state index contributed by atoms with van der Waals surface area (Å²) in [4.78, 5) is 135. The molecule has 0 aliphatic carbocycles. The quantitative estimate of drug-likeness (QED) is 0.0429. The number of nitrogens with zero attached hydrogens (tertiary/aromatic N) is 6. The van der Waals surface area contributed by atoms with E-state index in [1.54, 1.807) is 24.3 Å². The maximum Gasteiger partial charge on any atom is 0.335 e. The minimum atomic E-state index is -1.47. The molecule has 8 aromatic carbocycles. The van der Waals surface area contributed by atoms with Gasteiger partial charge in [-0.25, -0.2) is 68.3 Å². The molecule has 11 aromatic rings. The van der Waals surface area contributed by atoms with Gasteiger partial charge in [-0.3, -0.25) is 0 Å². The molecular formula is C64H34N8O20. The van der Waals surface area contributed by atoms with E-state index in [-0.39, 0.29) is 136 Å². The fourth-order valence-corrected chi connectivity index (χ4v) is 10.3. The van der Waals surface area contributed by atoms with Crippen LogP contribution >= 0.6 is 0 Å². The van der Waals surface area contributed by atoms with Gasteiger partial charge < -0.3 is 69.8 Å². The number of hydrogen-bond acceptors (Lipinski definition) is 18. The average Bonchev–Trinajstić information content (AvgIpc) is 1.59. The highest BCUT2D eigenvalue weighted by Crippen LogP contribution is 2.47. The molecule has 450 valence electrons. The second-order valence-corrected chi connectivity index (χ2v) is 20.2. The zero-order valence-electron chi connectivity index (χ0n) is 46.0. The first-order valence-corrected chi connectivity index (χ1v) is 26.6. The lowest BCUT2D eigenvalue weighted by molar-refractivity contribution is 0.0676. The van der Waals surface area contributed by atoms with Crippen LogP contribution in [0.15, 0.2) is 146 Å². The molecule has 28 heteroatoms. The molecule has 3 aromatic heterocycles. The first-order valence-electron chi connectivity index (χ1n) is 26.6. The molecule has 0 atom stereocenters. The van der Waals surface area contributed by atoms with E-state index in [1.165, 1.54) is 48.5 Å². The number of aromatic amines is 2. The van der Waals surface area contributed by atoms with Gasteiger partial charge in [0.2, 0.25) is 0 Å². The standard InChI is InChI=1S/C64H34N8O20/c73-57(74)25-13-26(58(75)76)18-33(17-25)89-41-9-1-5-37-45(41)53-65-49(37)69-54-46-38(6-2-10-42(46)90-34-19-27(59(77)78)14-28(20-34)60(79)80)51(66-54)71-56-48-40(8-4-12-44(48)92-36-23-31(63(85)86)16-32(24-36)64(87)88)52(68-56)72-55-47-39(50(67-55)70-53)7-3-11-43(47)91-35-21-29(61(81)82)15-30(22-35)62(83)84/h1-24H,(H,73,74)(H,75,76)(H,77,78)(H,79,80)(H,81,82)(H,83,84)(H,85,86)(H,87,88)(H2,65,66,67,68,69,70,71,72). The number of carbonyl (C=O) groups is 8. The van der Waals surface area contributed by atoms with Crippen LogP contribution in [0.3, 0.4) is 0 Å². The lowest BCUT2D eigenvalue weighted by Crippen LogP contribution is -2.03. The molecule has 0 saturated carbocycles. The Balaban J connectivity index is 1.14. The molecule has 5 heterocycles. The van der Waals surface area contributed by atoms with Crippen molar-refractivity contribution in [3.8, 4) is 91.5 Å². The Hall–Kier alpha value is -13.9. The highest BCUT2D eigenvalue weighted by atomic mass is 16.5. The number of carboxylic acids is 8. The molecule has 8 bridgehead atoms. The van der Waals surface area contributed by atoms with Crippen molar-refractivity contribution >= 4 is 91.9 Å². The molecule has 92 heavy (non-hydrogen) atoms. The van der Waals surface area contributed by atoms with Crippen molar-refractivity contribution in [3.63, 3.8) is 0 Å². The van der Waals surface area contributed by atoms with Gasteiger partial charge in [-0.1, -0.05) is 48.5 Å². The van der Waals surface area contributed by atoms with E-state index < -0.39 is 92.3 Å². The van der Waals surface area contributed by atoms with Gasteiger partial charge in [0.25, 0.3) is 0 Å². The second kappa shape index (κ2) is 22.1. The molecule has 2 aliphatic heterocycles. The number of aromatic carboxylic acids is 8. The van der Waals surface area contributed by atoms with E-state index in [9.17, 15) is 79.2 Å². The van der Waals surface area contributed by atoms with Crippen molar-refractivity contribution in [1.82, 2.24) is 39.9 Å². The molecule has 10 N–H and O–H groups in total. The Morgan fingerprint density at radius 1 is 0.283 bits per heavy atom. The molecule has 13 rings (SSSR count). The van der Waals surface area contributed by atoms with Crippen LogP contribution in [0.4, 0.5) is 0 Å². The molecule has 0 radical (unpaired) electrons. The van der Waals surface area contributed by atoms with Crippen LogP contribution in [-0.2, 0) is 0 Å². The summed E-state index contributed by atoms with van der Waals surface area (Å²) in [6.45, 7) is 0. The third kappa shape index (κ3) is 10.5. The van der Waals surface area contributed by atoms with Crippen molar-refractivity contribution in [2.45, 2.75) is 0 Å². The van der Waals surface area contributed by atoms with E-state index in [1.807, 2.05) is 0 Å². The van der Waals surface area contributed by atoms with Crippen molar-refractivity contribution < 1.29 is 98.2 Å². The Kier molecular flexibility index (Phi) is 13.7. The van der Waals surface area contributed by atoms with Crippen molar-refractivity contribution in [2.75, 3.05) is 0 Å². The third-order valence-electron chi connectivity index (χ3n) is 14.3. The van der Waals surface area contributed by atoms with E-state index in [2.05, 4.69) is 9.97 Å². The highest BCUT2D eigenvalue weighted by Gasteiger charge is 2.30. The van der Waals surface area contributed by atoms with Gasteiger partial charge >= 0.3 is 47.8 Å². The average molecular weight is 1240 g/mol. The smallest absolute Gasteiger partial charge is 0.335 e. The maximum absolute atomic E-state index is 12.3. The molecule has 0 unspecified atom stereocenters. The van der Waals surface area contributed by atoms with Crippen LogP contribution in [-0.4, -0.2) is 128 Å². The highest BCUT2D eigenvalue weighted by molar-refractivity contribution is 6.11. The molecule has 0 fully saturated rings. The van der Waals surface area contributed by atoms with Crippen LogP contribution < -0.4 is 18.9 Å². The number of H-pyrrole nitrogens is 2. The molecular weight excluding hydrogens is 1200 g/mol. The van der Waals surface area contributed by atoms with Crippen molar-refractivity contribution in [3.05, 3.63) is 190 Å². The zero-order chi connectivity index (χ0) is 64.5. The van der Waals surface area contributed by atoms with E-state index in [0.29, 0.717) is 0 Å². The van der Waals surface area contributed by atoms with Gasteiger partial charge in [0.05, 0.1) is 66.4 Å². The Morgan fingerprint density at radius 3 is 0.815 bits per heavy atom. The normalized spacial score (nSPS) is 11.3. The van der Waals surface area contributed by atoms with E-state index >= 15 is 0 Å². The summed E-state index contributed by atoms with van der Waals surface area (Å²) in [6.07, 6.45) is 0. The number of nitrogens with one attached hydrogen (secondary N) is 2. The summed E-state index contributed by atoms with van der Waals surface area (Å²) in [6, 6.07) is 31.0. The number of rotatable bonds is 16. The van der Waals surface area contributed by atoms with E-state index in [4.69, 9.17) is 48.9 Å². The van der Waals surface area contributed by atoms with Gasteiger partial charge in [-0.2, -0.15) is 0 Å². The zero-order valence-corrected chi connectivity index (χ0v) is 46.0. The number of hydrogen-bond donors (Lipinski definition) is 10. The third-order valence-corrected chi connectivity index (χ3v) is 14.3. The summed E-state index contributed by atoms with van der Waals surface area (Å²) in [5.41, 5.74) is -3.01. The van der Waals surface area contributed by atoms with Gasteiger partial charge in [-0.15, -0.1) is 0 Å². The SMILES string of the molecule is O=C(O)c1cc(Oc2cccc3c2-c2nc-3nc3[nH]c(nc4nc(nc5[nH]c(n2)c2cccc(Oc6cc(C(=O)O)cc(C(=O)O)c6)c52)-c2cccc(Oc5cc(C(=O)O)cc(C(=O)O)c5)c2-4)c2cccc(Oc4cc(C(=O)O)cc(C(=O)O)c4)c32)cc(C(=O)O)c1. The number of aromatic nitrogens is 8. The van der Waals surface area contributed by atoms with Crippen molar-refractivity contribution in [2.24, 2.45) is 0 Å². The van der Waals surface area contributed by atoms with Gasteiger partial charge in [0, 0.05) is 21.9 Å². The Labute approximate surface area is 509 Å².